The van der Waals surface area contributed by atoms with Gasteiger partial charge in [0.05, 0.1) is 11.3 Å². The fraction of sp³-hybridized carbons (Fsp3) is 0.467. The Kier molecular flexibility index (Phi) is 5.31. The van der Waals surface area contributed by atoms with E-state index in [0.717, 1.165) is 29.8 Å². The van der Waals surface area contributed by atoms with E-state index >= 15 is 0 Å². The summed E-state index contributed by atoms with van der Waals surface area (Å²) >= 11 is 1.57. The van der Waals surface area contributed by atoms with Gasteiger partial charge >= 0.3 is 0 Å². The first-order chi connectivity index (χ1) is 9.74. The molecule has 4 nitrogen and oxygen atoms in total. The van der Waals surface area contributed by atoms with Crippen molar-refractivity contribution in [3.63, 3.8) is 0 Å². The molecule has 0 bridgehead atoms. The number of hydrogen-bond donors (Lipinski definition) is 2. The second kappa shape index (κ2) is 7.20. The topological polar surface area (TPSA) is 64.9 Å². The highest BCUT2D eigenvalue weighted by Gasteiger charge is 2.22. The Morgan fingerprint density at radius 3 is 2.95 bits per heavy atom. The minimum atomic E-state index is 0.132. The number of nitrogens with zero attached hydrogens (tertiary/aromatic N) is 1. The number of carbonyl (C=O) groups is 1. The molecule has 0 atom stereocenters. The molecule has 0 saturated heterocycles. The van der Waals surface area contributed by atoms with Crippen LogP contribution < -0.4 is 10.6 Å². The fourth-order valence-corrected chi connectivity index (χ4v) is 2.54. The van der Waals surface area contributed by atoms with Gasteiger partial charge in [0.1, 0.15) is 6.07 Å². The average molecular weight is 289 g/mol. The molecule has 0 radical (unpaired) electrons. The molecule has 1 aliphatic rings. The summed E-state index contributed by atoms with van der Waals surface area (Å²) in [6, 6.07) is 8.45. The predicted octanol–water partition coefficient (Wildman–Crippen LogP) is 2.75. The quantitative estimate of drug-likeness (QED) is 0.598. The van der Waals surface area contributed by atoms with Crippen molar-refractivity contribution < 1.29 is 4.79 Å². The molecule has 0 unspecified atom stereocenters. The van der Waals surface area contributed by atoms with Crippen LogP contribution in [0.5, 0.6) is 0 Å². The minimum Gasteiger partial charge on any atom is -0.384 e. The second-order valence-electron chi connectivity index (χ2n) is 4.87. The van der Waals surface area contributed by atoms with Crippen molar-refractivity contribution in [2.45, 2.75) is 36.6 Å². The van der Waals surface area contributed by atoms with E-state index in [1.54, 1.807) is 11.8 Å². The lowest BCUT2D eigenvalue weighted by Crippen LogP contribution is -2.25. The summed E-state index contributed by atoms with van der Waals surface area (Å²) < 4.78 is 0. The third-order valence-electron chi connectivity index (χ3n) is 3.20. The van der Waals surface area contributed by atoms with Crippen molar-refractivity contribution in [2.75, 3.05) is 18.1 Å². The number of rotatable bonds is 7. The highest BCUT2D eigenvalue weighted by molar-refractivity contribution is 7.98. The molecular formula is C15H19N3OS. The molecule has 2 N–H and O–H groups in total. The van der Waals surface area contributed by atoms with Crippen molar-refractivity contribution in [3.8, 4) is 6.07 Å². The number of anilines is 1. The number of hydrogen-bond acceptors (Lipinski definition) is 4. The number of carbonyl (C=O) groups excluding carboxylic acids is 1. The molecule has 1 amide bonds. The average Bonchev–Trinajstić information content (AvgIpc) is 3.26. The fourth-order valence-electron chi connectivity index (χ4n) is 1.96. The number of nitriles is 1. The third kappa shape index (κ3) is 4.17. The number of nitrogens with one attached hydrogen (secondary N) is 2. The first-order valence-corrected chi connectivity index (χ1v) is 8.07. The molecule has 1 fully saturated rings. The van der Waals surface area contributed by atoms with Crippen LogP contribution in [0.25, 0.3) is 0 Å². The van der Waals surface area contributed by atoms with Crippen LogP contribution in [-0.2, 0) is 4.79 Å². The van der Waals surface area contributed by atoms with Gasteiger partial charge in [-0.2, -0.15) is 5.26 Å². The Labute approximate surface area is 123 Å². The molecular weight excluding hydrogens is 270 g/mol. The predicted molar refractivity (Wildman–Crippen MR) is 81.8 cm³/mol. The smallest absolute Gasteiger partial charge is 0.220 e. The Bertz CT molecular complexity index is 520. The molecule has 0 spiro atoms. The zero-order chi connectivity index (χ0) is 14.4. The summed E-state index contributed by atoms with van der Waals surface area (Å²) in [7, 11) is 0. The first kappa shape index (κ1) is 14.7. The molecule has 1 saturated carbocycles. The van der Waals surface area contributed by atoms with Crippen LogP contribution in [0, 0.1) is 11.3 Å². The van der Waals surface area contributed by atoms with Crippen LogP contribution in [0.1, 0.15) is 31.2 Å². The van der Waals surface area contributed by atoms with Gasteiger partial charge in [-0.3, -0.25) is 4.79 Å². The Balaban J connectivity index is 1.78. The maximum atomic E-state index is 11.5. The summed E-state index contributed by atoms with van der Waals surface area (Å²) in [5.41, 5.74) is 1.53. The van der Waals surface area contributed by atoms with Gasteiger partial charge in [-0.25, -0.2) is 0 Å². The van der Waals surface area contributed by atoms with E-state index in [0.29, 0.717) is 24.6 Å². The van der Waals surface area contributed by atoms with Gasteiger partial charge in [0.15, 0.2) is 0 Å². The van der Waals surface area contributed by atoms with Gasteiger partial charge in [-0.05, 0) is 37.7 Å². The van der Waals surface area contributed by atoms with Gasteiger partial charge in [0, 0.05) is 23.9 Å². The summed E-state index contributed by atoms with van der Waals surface area (Å²) in [4.78, 5) is 12.5. The first-order valence-electron chi connectivity index (χ1n) is 6.85. The molecule has 2 rings (SSSR count). The second-order valence-corrected chi connectivity index (χ2v) is 5.71. The van der Waals surface area contributed by atoms with Crippen molar-refractivity contribution in [2.24, 2.45) is 0 Å². The SMILES string of the molecule is CSc1cccc(NCCCC(=O)NC2CC2)c1C#N. The summed E-state index contributed by atoms with van der Waals surface area (Å²) in [6.07, 6.45) is 5.51. The van der Waals surface area contributed by atoms with Crippen LogP contribution in [0.3, 0.4) is 0 Å². The van der Waals surface area contributed by atoms with Gasteiger partial charge in [-0.15, -0.1) is 11.8 Å². The van der Waals surface area contributed by atoms with Crippen LogP contribution in [0.2, 0.25) is 0 Å². The lowest BCUT2D eigenvalue weighted by atomic mass is 10.2. The van der Waals surface area contributed by atoms with Crippen LogP contribution >= 0.6 is 11.8 Å². The van der Waals surface area contributed by atoms with Crippen LogP contribution in [0.4, 0.5) is 5.69 Å². The van der Waals surface area contributed by atoms with E-state index in [4.69, 9.17) is 0 Å². The van der Waals surface area contributed by atoms with Gasteiger partial charge in [0.2, 0.25) is 5.91 Å². The van der Waals surface area contributed by atoms with E-state index in [-0.39, 0.29) is 5.91 Å². The zero-order valence-corrected chi connectivity index (χ0v) is 12.4. The van der Waals surface area contributed by atoms with Crippen molar-refractivity contribution in [1.29, 1.82) is 5.26 Å². The molecule has 106 valence electrons. The Morgan fingerprint density at radius 2 is 2.30 bits per heavy atom. The van der Waals surface area contributed by atoms with Gasteiger partial charge < -0.3 is 10.6 Å². The minimum absolute atomic E-state index is 0.132. The summed E-state index contributed by atoms with van der Waals surface area (Å²) in [6.45, 7) is 0.699. The van der Waals surface area contributed by atoms with Crippen molar-refractivity contribution >= 4 is 23.4 Å². The highest BCUT2D eigenvalue weighted by atomic mass is 32.2. The molecule has 0 heterocycles. The number of amides is 1. The molecule has 0 aromatic heterocycles. The van der Waals surface area contributed by atoms with Gasteiger partial charge in [0.25, 0.3) is 0 Å². The number of thioether (sulfide) groups is 1. The molecule has 5 heteroatoms. The van der Waals surface area contributed by atoms with Crippen molar-refractivity contribution in [3.05, 3.63) is 23.8 Å². The Hall–Kier alpha value is -1.67. The molecule has 1 aliphatic carbocycles. The molecule has 20 heavy (non-hydrogen) atoms. The van der Waals surface area contributed by atoms with Crippen LogP contribution in [-0.4, -0.2) is 24.7 Å². The lowest BCUT2D eigenvalue weighted by Gasteiger charge is -2.10. The van der Waals surface area contributed by atoms with E-state index in [1.165, 1.54) is 0 Å². The number of benzene rings is 1. The van der Waals surface area contributed by atoms with Crippen molar-refractivity contribution in [1.82, 2.24) is 5.32 Å². The standard InChI is InChI=1S/C15H19N3OS/c1-20-14-5-2-4-13(12(14)10-16)17-9-3-6-15(19)18-11-7-8-11/h2,4-5,11,17H,3,6-9H2,1H3,(H,18,19). The third-order valence-corrected chi connectivity index (χ3v) is 3.98. The molecule has 1 aromatic carbocycles. The zero-order valence-electron chi connectivity index (χ0n) is 11.6. The van der Waals surface area contributed by atoms with E-state index in [9.17, 15) is 10.1 Å². The lowest BCUT2D eigenvalue weighted by molar-refractivity contribution is -0.121. The van der Waals surface area contributed by atoms with Gasteiger partial charge in [-0.1, -0.05) is 6.07 Å². The van der Waals surface area contributed by atoms with E-state index in [2.05, 4.69) is 16.7 Å². The van der Waals surface area contributed by atoms with E-state index in [1.807, 2.05) is 24.5 Å². The maximum absolute atomic E-state index is 11.5. The maximum Gasteiger partial charge on any atom is 0.220 e. The highest BCUT2D eigenvalue weighted by Crippen LogP contribution is 2.26. The molecule has 1 aromatic rings. The van der Waals surface area contributed by atoms with E-state index < -0.39 is 0 Å². The summed E-state index contributed by atoms with van der Waals surface area (Å²) in [5.74, 6) is 0.132. The van der Waals surface area contributed by atoms with Crippen LogP contribution in [0.15, 0.2) is 23.1 Å². The molecule has 0 aliphatic heterocycles. The normalized spacial score (nSPS) is 13.6. The summed E-state index contributed by atoms with van der Waals surface area (Å²) in [5, 5.41) is 15.4. The Morgan fingerprint density at radius 1 is 1.50 bits per heavy atom. The monoisotopic (exact) mass is 289 g/mol. The largest absolute Gasteiger partial charge is 0.384 e.